The highest BCUT2D eigenvalue weighted by molar-refractivity contribution is 5.08. The van der Waals surface area contributed by atoms with Crippen molar-refractivity contribution in [3.8, 4) is 0 Å². The molecule has 0 saturated heterocycles. The lowest BCUT2D eigenvalue weighted by Gasteiger charge is -2.15. The van der Waals surface area contributed by atoms with Crippen molar-refractivity contribution in [1.82, 2.24) is 0 Å². The molecule has 1 atom stereocenters. The average molecular weight is 182 g/mol. The fourth-order valence-electron chi connectivity index (χ4n) is 1.69. The Kier molecular flexibility index (Phi) is 4.51. The third kappa shape index (κ3) is 3.95. The van der Waals surface area contributed by atoms with Crippen molar-refractivity contribution in [2.45, 2.75) is 51.6 Å². The van der Waals surface area contributed by atoms with Crippen molar-refractivity contribution in [3.63, 3.8) is 0 Å². The van der Waals surface area contributed by atoms with Crippen LogP contribution in [0.2, 0.25) is 0 Å². The van der Waals surface area contributed by atoms with Crippen LogP contribution in [-0.4, -0.2) is 13.2 Å². The summed E-state index contributed by atoms with van der Waals surface area (Å²) < 4.78 is 5.44. The van der Waals surface area contributed by atoms with Gasteiger partial charge in [0.05, 0.1) is 6.10 Å². The van der Waals surface area contributed by atoms with E-state index >= 15 is 0 Å². The minimum absolute atomic E-state index is 0.424. The van der Waals surface area contributed by atoms with Crippen LogP contribution >= 0.6 is 0 Å². The van der Waals surface area contributed by atoms with Gasteiger partial charge in [-0.3, -0.25) is 0 Å². The van der Waals surface area contributed by atoms with Crippen molar-refractivity contribution in [3.05, 3.63) is 12.2 Å². The Bertz CT molecular complexity index is 159. The molecule has 0 radical (unpaired) electrons. The van der Waals surface area contributed by atoms with E-state index in [1.165, 1.54) is 37.7 Å². The first-order valence-corrected chi connectivity index (χ1v) is 5.48. The van der Waals surface area contributed by atoms with Crippen molar-refractivity contribution >= 4 is 0 Å². The zero-order valence-corrected chi connectivity index (χ0v) is 9.01. The number of rotatable bonds is 7. The first-order valence-electron chi connectivity index (χ1n) is 5.48. The molecule has 13 heavy (non-hydrogen) atoms. The van der Waals surface area contributed by atoms with E-state index in [9.17, 15) is 0 Å². The van der Waals surface area contributed by atoms with Crippen molar-refractivity contribution in [2.24, 2.45) is 5.92 Å². The second-order valence-corrected chi connectivity index (χ2v) is 4.14. The van der Waals surface area contributed by atoms with Gasteiger partial charge in [0.25, 0.3) is 0 Å². The Morgan fingerprint density at radius 2 is 2.23 bits per heavy atom. The highest BCUT2D eigenvalue weighted by atomic mass is 16.5. The van der Waals surface area contributed by atoms with Gasteiger partial charge >= 0.3 is 0 Å². The molecule has 0 spiro atoms. The summed E-state index contributed by atoms with van der Waals surface area (Å²) in [6, 6.07) is 0. The van der Waals surface area contributed by atoms with Crippen LogP contribution in [0.1, 0.15) is 45.4 Å². The summed E-state index contributed by atoms with van der Waals surface area (Å²) in [7, 11) is 1.82. The largest absolute Gasteiger partial charge is 0.381 e. The normalized spacial score (nSPS) is 18.6. The molecule has 1 nitrogen and oxygen atoms in total. The fourth-order valence-corrected chi connectivity index (χ4v) is 1.69. The quantitative estimate of drug-likeness (QED) is 0.547. The second-order valence-electron chi connectivity index (χ2n) is 4.14. The standard InChI is InChI=1S/C12H22O/c1-4-5-6-12(13-3)9-10(2)11-7-8-11/h11-12H,2,4-9H2,1,3H3. The van der Waals surface area contributed by atoms with Crippen molar-refractivity contribution in [2.75, 3.05) is 7.11 Å². The van der Waals surface area contributed by atoms with E-state index in [0.29, 0.717) is 6.10 Å². The molecule has 0 heterocycles. The Balaban J connectivity index is 2.17. The maximum absolute atomic E-state index is 5.44. The molecule has 1 unspecified atom stereocenters. The molecule has 1 aliphatic carbocycles. The summed E-state index contributed by atoms with van der Waals surface area (Å²) in [5, 5.41) is 0. The van der Waals surface area contributed by atoms with Gasteiger partial charge in [0.1, 0.15) is 0 Å². The molecule has 1 aliphatic rings. The first kappa shape index (κ1) is 10.8. The molecular formula is C12H22O. The van der Waals surface area contributed by atoms with Gasteiger partial charge < -0.3 is 4.74 Å². The van der Waals surface area contributed by atoms with Gasteiger partial charge in [0.15, 0.2) is 0 Å². The van der Waals surface area contributed by atoms with Crippen LogP contribution in [0, 0.1) is 5.92 Å². The smallest absolute Gasteiger partial charge is 0.0608 e. The molecule has 0 aliphatic heterocycles. The summed E-state index contributed by atoms with van der Waals surface area (Å²) >= 11 is 0. The Labute approximate surface area is 82.2 Å². The molecule has 1 fully saturated rings. The molecule has 0 amide bonds. The molecule has 76 valence electrons. The van der Waals surface area contributed by atoms with Gasteiger partial charge in [-0.25, -0.2) is 0 Å². The zero-order valence-electron chi connectivity index (χ0n) is 9.01. The highest BCUT2D eigenvalue weighted by Crippen LogP contribution is 2.38. The lowest BCUT2D eigenvalue weighted by molar-refractivity contribution is 0.0926. The monoisotopic (exact) mass is 182 g/mol. The van der Waals surface area contributed by atoms with Gasteiger partial charge in [0, 0.05) is 7.11 Å². The van der Waals surface area contributed by atoms with Gasteiger partial charge in [-0.1, -0.05) is 31.9 Å². The number of methoxy groups -OCH3 is 1. The van der Waals surface area contributed by atoms with E-state index in [0.717, 1.165) is 12.3 Å². The van der Waals surface area contributed by atoms with E-state index in [4.69, 9.17) is 4.74 Å². The fraction of sp³-hybridized carbons (Fsp3) is 0.833. The molecule has 0 aromatic carbocycles. The predicted molar refractivity (Wildman–Crippen MR) is 56.8 cm³/mol. The van der Waals surface area contributed by atoms with E-state index in [1.807, 2.05) is 7.11 Å². The summed E-state index contributed by atoms with van der Waals surface area (Å²) in [6.45, 7) is 6.36. The summed E-state index contributed by atoms with van der Waals surface area (Å²) in [4.78, 5) is 0. The number of unbranched alkanes of at least 4 members (excludes halogenated alkanes) is 1. The maximum Gasteiger partial charge on any atom is 0.0608 e. The number of hydrogen-bond acceptors (Lipinski definition) is 1. The average Bonchev–Trinajstić information content (AvgIpc) is 2.94. The maximum atomic E-state index is 5.44. The molecule has 1 heteroatoms. The van der Waals surface area contributed by atoms with Crippen LogP contribution in [0.4, 0.5) is 0 Å². The lowest BCUT2D eigenvalue weighted by atomic mass is 10.0. The lowest BCUT2D eigenvalue weighted by Crippen LogP contribution is -2.11. The molecular weight excluding hydrogens is 160 g/mol. The van der Waals surface area contributed by atoms with Crippen LogP contribution in [-0.2, 0) is 4.74 Å². The summed E-state index contributed by atoms with van der Waals surface area (Å²) in [5.41, 5.74) is 1.42. The van der Waals surface area contributed by atoms with Gasteiger partial charge in [-0.15, -0.1) is 0 Å². The molecule has 0 N–H and O–H groups in total. The van der Waals surface area contributed by atoms with Crippen molar-refractivity contribution < 1.29 is 4.74 Å². The Hall–Kier alpha value is -0.300. The third-order valence-electron chi connectivity index (χ3n) is 2.86. The summed E-state index contributed by atoms with van der Waals surface area (Å²) in [6.07, 6.45) is 7.96. The molecule has 0 aromatic rings. The van der Waals surface area contributed by atoms with Crippen LogP contribution in [0.15, 0.2) is 12.2 Å². The molecule has 1 saturated carbocycles. The van der Waals surface area contributed by atoms with Gasteiger partial charge in [-0.05, 0) is 31.6 Å². The van der Waals surface area contributed by atoms with Crippen LogP contribution < -0.4 is 0 Å². The van der Waals surface area contributed by atoms with Gasteiger partial charge in [-0.2, -0.15) is 0 Å². The summed E-state index contributed by atoms with van der Waals surface area (Å²) in [5.74, 6) is 0.833. The minimum atomic E-state index is 0.424. The number of ether oxygens (including phenoxy) is 1. The van der Waals surface area contributed by atoms with E-state index in [-0.39, 0.29) is 0 Å². The van der Waals surface area contributed by atoms with E-state index in [2.05, 4.69) is 13.5 Å². The SMILES string of the molecule is C=C(CC(CCCC)OC)C1CC1. The molecule has 1 rings (SSSR count). The van der Waals surface area contributed by atoms with Crippen LogP contribution in [0.5, 0.6) is 0 Å². The topological polar surface area (TPSA) is 9.23 Å². The Morgan fingerprint density at radius 3 is 2.69 bits per heavy atom. The molecule has 0 aromatic heterocycles. The third-order valence-corrected chi connectivity index (χ3v) is 2.86. The minimum Gasteiger partial charge on any atom is -0.381 e. The van der Waals surface area contributed by atoms with Crippen LogP contribution in [0.25, 0.3) is 0 Å². The van der Waals surface area contributed by atoms with Crippen LogP contribution in [0.3, 0.4) is 0 Å². The predicted octanol–water partition coefficient (Wildman–Crippen LogP) is 3.55. The Morgan fingerprint density at radius 1 is 1.54 bits per heavy atom. The first-order chi connectivity index (χ1) is 6.27. The molecule has 0 bridgehead atoms. The highest BCUT2D eigenvalue weighted by Gasteiger charge is 2.25. The second kappa shape index (κ2) is 5.43. The zero-order chi connectivity index (χ0) is 9.68. The van der Waals surface area contributed by atoms with E-state index < -0.39 is 0 Å². The number of hydrogen-bond donors (Lipinski definition) is 0. The van der Waals surface area contributed by atoms with E-state index in [1.54, 1.807) is 0 Å². The van der Waals surface area contributed by atoms with Gasteiger partial charge in [0.2, 0.25) is 0 Å². The van der Waals surface area contributed by atoms with Crippen molar-refractivity contribution in [1.29, 1.82) is 0 Å².